The third-order valence-corrected chi connectivity index (χ3v) is 2.55. The van der Waals surface area contributed by atoms with E-state index >= 15 is 0 Å². The number of nitrogens with one attached hydrogen (secondary N) is 1. The van der Waals surface area contributed by atoms with Crippen LogP contribution in [0.4, 0.5) is 0 Å². The Morgan fingerprint density at radius 2 is 2.19 bits per heavy atom. The van der Waals surface area contributed by atoms with Crippen LogP contribution in [0.2, 0.25) is 0 Å². The lowest BCUT2D eigenvalue weighted by molar-refractivity contribution is -0.119. The molecular formula is C12H18N2O2. The standard InChI is InChI=1S/C12H18N2O2/c1-9(12(13)16)11-5-3-2-4-10(11)8-14-6-7-15/h2-5,9,14-15H,6-8H2,1H3,(H2,13,16). The number of benzene rings is 1. The van der Waals surface area contributed by atoms with E-state index in [0.29, 0.717) is 13.1 Å². The fourth-order valence-electron chi connectivity index (χ4n) is 1.57. The molecule has 1 aromatic carbocycles. The number of aliphatic hydroxyl groups is 1. The maximum Gasteiger partial charge on any atom is 0.224 e. The maximum absolute atomic E-state index is 11.1. The monoisotopic (exact) mass is 222 g/mol. The predicted molar refractivity (Wildman–Crippen MR) is 62.8 cm³/mol. The number of carbonyl (C=O) groups is 1. The lowest BCUT2D eigenvalue weighted by atomic mass is 9.95. The molecule has 4 nitrogen and oxygen atoms in total. The van der Waals surface area contributed by atoms with Gasteiger partial charge in [-0.1, -0.05) is 24.3 Å². The van der Waals surface area contributed by atoms with E-state index in [0.717, 1.165) is 11.1 Å². The molecular weight excluding hydrogens is 204 g/mol. The molecule has 0 saturated carbocycles. The fourth-order valence-corrected chi connectivity index (χ4v) is 1.57. The molecule has 1 rings (SSSR count). The Kier molecular flexibility index (Phi) is 4.95. The van der Waals surface area contributed by atoms with Crippen LogP contribution in [0.15, 0.2) is 24.3 Å². The van der Waals surface area contributed by atoms with Crippen LogP contribution in [0.3, 0.4) is 0 Å². The maximum atomic E-state index is 11.1. The predicted octanol–water partition coefficient (Wildman–Crippen LogP) is 0.357. The summed E-state index contributed by atoms with van der Waals surface area (Å²) in [4.78, 5) is 11.1. The first-order chi connectivity index (χ1) is 7.66. The molecule has 0 bridgehead atoms. The Hall–Kier alpha value is -1.39. The Bertz CT molecular complexity index is 353. The highest BCUT2D eigenvalue weighted by atomic mass is 16.3. The van der Waals surface area contributed by atoms with Crippen molar-refractivity contribution in [1.82, 2.24) is 5.32 Å². The summed E-state index contributed by atoms with van der Waals surface area (Å²) in [6.07, 6.45) is 0. The molecule has 1 atom stereocenters. The molecule has 0 fully saturated rings. The number of carbonyl (C=O) groups excluding carboxylic acids is 1. The van der Waals surface area contributed by atoms with Crippen LogP contribution < -0.4 is 11.1 Å². The summed E-state index contributed by atoms with van der Waals surface area (Å²) in [5.74, 6) is -0.610. The molecule has 1 unspecified atom stereocenters. The molecule has 1 amide bonds. The highest BCUT2D eigenvalue weighted by molar-refractivity contribution is 5.81. The fraction of sp³-hybridized carbons (Fsp3) is 0.417. The topological polar surface area (TPSA) is 75.4 Å². The number of nitrogens with two attached hydrogens (primary N) is 1. The minimum Gasteiger partial charge on any atom is -0.395 e. The molecule has 4 heteroatoms. The van der Waals surface area contributed by atoms with Gasteiger partial charge in [0.05, 0.1) is 12.5 Å². The van der Waals surface area contributed by atoms with Gasteiger partial charge < -0.3 is 16.2 Å². The zero-order chi connectivity index (χ0) is 12.0. The number of aliphatic hydroxyl groups excluding tert-OH is 1. The van der Waals surface area contributed by atoms with Crippen molar-refractivity contribution in [3.8, 4) is 0 Å². The first kappa shape index (κ1) is 12.7. The van der Waals surface area contributed by atoms with E-state index in [1.807, 2.05) is 24.3 Å². The van der Waals surface area contributed by atoms with Crippen molar-refractivity contribution in [1.29, 1.82) is 0 Å². The number of amides is 1. The van der Waals surface area contributed by atoms with Crippen molar-refractivity contribution in [2.24, 2.45) is 5.73 Å². The van der Waals surface area contributed by atoms with E-state index in [1.165, 1.54) is 0 Å². The van der Waals surface area contributed by atoms with E-state index in [2.05, 4.69) is 5.32 Å². The summed E-state index contributed by atoms with van der Waals surface area (Å²) >= 11 is 0. The summed E-state index contributed by atoms with van der Waals surface area (Å²) in [6, 6.07) is 7.68. The van der Waals surface area contributed by atoms with Crippen LogP contribution in [0.5, 0.6) is 0 Å². The Balaban J connectivity index is 2.79. The van der Waals surface area contributed by atoms with Crippen LogP contribution in [-0.4, -0.2) is 24.2 Å². The zero-order valence-electron chi connectivity index (χ0n) is 9.44. The summed E-state index contributed by atoms with van der Waals surface area (Å²) in [5.41, 5.74) is 7.28. The molecule has 0 aliphatic heterocycles. The lowest BCUT2D eigenvalue weighted by Gasteiger charge is -2.13. The van der Waals surface area contributed by atoms with Gasteiger partial charge in [0.15, 0.2) is 0 Å². The molecule has 0 spiro atoms. The SMILES string of the molecule is CC(C(N)=O)c1ccccc1CNCCO. The number of rotatable bonds is 6. The molecule has 88 valence electrons. The zero-order valence-corrected chi connectivity index (χ0v) is 9.44. The molecule has 16 heavy (non-hydrogen) atoms. The van der Waals surface area contributed by atoms with Gasteiger partial charge in [0.2, 0.25) is 5.91 Å². The Morgan fingerprint density at radius 1 is 1.50 bits per heavy atom. The van der Waals surface area contributed by atoms with Crippen LogP contribution in [0, 0.1) is 0 Å². The number of hydrogen-bond donors (Lipinski definition) is 3. The molecule has 0 aromatic heterocycles. The van der Waals surface area contributed by atoms with E-state index < -0.39 is 0 Å². The highest BCUT2D eigenvalue weighted by Crippen LogP contribution is 2.19. The molecule has 1 aromatic rings. The quantitative estimate of drug-likeness (QED) is 0.608. The number of primary amides is 1. The van der Waals surface area contributed by atoms with E-state index in [9.17, 15) is 4.79 Å². The molecule has 0 aliphatic carbocycles. The first-order valence-corrected chi connectivity index (χ1v) is 5.35. The van der Waals surface area contributed by atoms with Crippen molar-refractivity contribution < 1.29 is 9.90 Å². The van der Waals surface area contributed by atoms with E-state index in [4.69, 9.17) is 10.8 Å². The lowest BCUT2D eigenvalue weighted by Crippen LogP contribution is -2.22. The van der Waals surface area contributed by atoms with Gasteiger partial charge in [-0.2, -0.15) is 0 Å². The normalized spacial score (nSPS) is 12.4. The minimum absolute atomic E-state index is 0.105. The number of hydrogen-bond acceptors (Lipinski definition) is 3. The third kappa shape index (κ3) is 3.32. The average molecular weight is 222 g/mol. The molecule has 0 aliphatic rings. The Labute approximate surface area is 95.5 Å². The summed E-state index contributed by atoms with van der Waals surface area (Å²) in [6.45, 7) is 3.08. The van der Waals surface area contributed by atoms with Crippen LogP contribution >= 0.6 is 0 Å². The van der Waals surface area contributed by atoms with Crippen molar-refractivity contribution in [3.05, 3.63) is 35.4 Å². The summed E-state index contributed by atoms with van der Waals surface area (Å²) in [5, 5.41) is 11.8. The minimum atomic E-state index is -0.324. The van der Waals surface area contributed by atoms with Crippen molar-refractivity contribution in [2.75, 3.05) is 13.2 Å². The molecule has 0 heterocycles. The van der Waals surface area contributed by atoms with Crippen molar-refractivity contribution >= 4 is 5.91 Å². The average Bonchev–Trinajstić information content (AvgIpc) is 2.29. The second-order valence-corrected chi connectivity index (χ2v) is 3.72. The van der Waals surface area contributed by atoms with Crippen LogP contribution in [0.1, 0.15) is 24.0 Å². The van der Waals surface area contributed by atoms with Gasteiger partial charge in [-0.05, 0) is 18.1 Å². The largest absolute Gasteiger partial charge is 0.395 e. The highest BCUT2D eigenvalue weighted by Gasteiger charge is 2.14. The van der Waals surface area contributed by atoms with Crippen LogP contribution in [0.25, 0.3) is 0 Å². The van der Waals surface area contributed by atoms with Gasteiger partial charge in [0.1, 0.15) is 0 Å². The van der Waals surface area contributed by atoms with Crippen LogP contribution in [-0.2, 0) is 11.3 Å². The van der Waals surface area contributed by atoms with E-state index in [1.54, 1.807) is 6.92 Å². The van der Waals surface area contributed by atoms with E-state index in [-0.39, 0.29) is 18.4 Å². The Morgan fingerprint density at radius 3 is 2.81 bits per heavy atom. The van der Waals surface area contributed by atoms with Gasteiger partial charge in [-0.25, -0.2) is 0 Å². The second-order valence-electron chi connectivity index (χ2n) is 3.72. The van der Waals surface area contributed by atoms with Gasteiger partial charge >= 0.3 is 0 Å². The second kappa shape index (κ2) is 6.25. The summed E-state index contributed by atoms with van der Waals surface area (Å²) in [7, 11) is 0. The third-order valence-electron chi connectivity index (χ3n) is 2.55. The molecule has 0 radical (unpaired) electrons. The molecule has 0 saturated heterocycles. The van der Waals surface area contributed by atoms with Gasteiger partial charge in [-0.3, -0.25) is 4.79 Å². The van der Waals surface area contributed by atoms with Gasteiger partial charge in [0.25, 0.3) is 0 Å². The van der Waals surface area contributed by atoms with Gasteiger partial charge in [0, 0.05) is 13.1 Å². The first-order valence-electron chi connectivity index (χ1n) is 5.35. The van der Waals surface area contributed by atoms with Crippen molar-refractivity contribution in [2.45, 2.75) is 19.4 Å². The van der Waals surface area contributed by atoms with Gasteiger partial charge in [-0.15, -0.1) is 0 Å². The van der Waals surface area contributed by atoms with Crippen molar-refractivity contribution in [3.63, 3.8) is 0 Å². The smallest absolute Gasteiger partial charge is 0.224 e. The molecule has 4 N–H and O–H groups in total. The summed E-state index contributed by atoms with van der Waals surface area (Å²) < 4.78 is 0.